The molecule has 0 spiro atoms. The van der Waals surface area contributed by atoms with E-state index in [0.717, 1.165) is 13.3 Å². The molecule has 1 aliphatic rings. The zero-order valence-corrected chi connectivity index (χ0v) is 14.8. The van der Waals surface area contributed by atoms with Crippen LogP contribution in [0.4, 0.5) is 25.1 Å². The van der Waals surface area contributed by atoms with E-state index in [1.165, 1.54) is 0 Å². The predicted octanol–water partition coefficient (Wildman–Crippen LogP) is 3.37. The number of hydrogen-bond donors (Lipinski definition) is 3. The van der Waals surface area contributed by atoms with Crippen LogP contribution in [0, 0.1) is 0 Å². The molecule has 0 saturated carbocycles. The van der Waals surface area contributed by atoms with Crippen LogP contribution in [0.3, 0.4) is 0 Å². The molecule has 1 unspecified atom stereocenters. The fraction of sp³-hybridized carbons (Fsp3) is 0.688. The lowest BCUT2D eigenvalue weighted by Crippen LogP contribution is -2.34. The molecule has 9 heteroatoms. The Morgan fingerprint density at radius 2 is 1.80 bits per heavy atom. The molecule has 0 bridgehead atoms. The number of aliphatic hydroxyl groups excluding tert-OH is 1. The molecule has 0 saturated heterocycles. The Morgan fingerprint density at radius 1 is 1.16 bits per heavy atom. The van der Waals surface area contributed by atoms with Gasteiger partial charge in [-0.25, -0.2) is 0 Å². The average molecular weight is 359 g/mol. The lowest BCUT2D eigenvalue weighted by atomic mass is 9.97. The second-order valence-electron chi connectivity index (χ2n) is 7.24. The van der Waals surface area contributed by atoms with E-state index in [1.807, 2.05) is 20.8 Å². The van der Waals surface area contributed by atoms with Gasteiger partial charge in [0.1, 0.15) is 6.04 Å². The number of rotatable bonds is 4. The van der Waals surface area contributed by atoms with Gasteiger partial charge in [0.25, 0.3) is 0 Å². The largest absolute Gasteiger partial charge is 0.408 e. The van der Waals surface area contributed by atoms with Crippen molar-refractivity contribution in [1.29, 1.82) is 0 Å². The van der Waals surface area contributed by atoms with Gasteiger partial charge in [-0.2, -0.15) is 28.1 Å². The van der Waals surface area contributed by atoms with E-state index in [2.05, 4.69) is 25.6 Å². The molecule has 0 aliphatic heterocycles. The van der Waals surface area contributed by atoms with Crippen LogP contribution < -0.4 is 10.6 Å². The summed E-state index contributed by atoms with van der Waals surface area (Å²) in [6.07, 6.45) is -1.28. The molecular weight excluding hydrogens is 335 g/mol. The van der Waals surface area contributed by atoms with Crippen LogP contribution in [0.25, 0.3) is 5.57 Å². The van der Waals surface area contributed by atoms with E-state index in [4.69, 9.17) is 0 Å². The maximum absolute atomic E-state index is 12.8. The Labute approximate surface area is 145 Å². The highest BCUT2D eigenvalue weighted by Crippen LogP contribution is 2.27. The number of hydrogen-bond acceptors (Lipinski definition) is 6. The molecule has 6 nitrogen and oxygen atoms in total. The number of halogens is 3. The number of allylic oxidation sites excluding steroid dienone is 1. The van der Waals surface area contributed by atoms with Crippen molar-refractivity contribution in [1.82, 2.24) is 15.0 Å². The Bertz CT molecular complexity index is 640. The molecule has 1 aliphatic carbocycles. The van der Waals surface area contributed by atoms with Crippen molar-refractivity contribution < 1.29 is 18.3 Å². The Morgan fingerprint density at radius 3 is 2.36 bits per heavy atom. The molecule has 1 heterocycles. The van der Waals surface area contributed by atoms with Gasteiger partial charge in [0, 0.05) is 5.54 Å². The molecule has 1 aromatic heterocycles. The fourth-order valence-corrected chi connectivity index (χ4v) is 2.34. The maximum Gasteiger partial charge on any atom is 0.408 e. The SMILES string of the molecule is C[C@@H](Nc1nc(NC(C)(C)C)nc(C2=CC(O)CCC2)n1)C(F)(F)F. The van der Waals surface area contributed by atoms with E-state index in [0.29, 0.717) is 18.4 Å². The van der Waals surface area contributed by atoms with Crippen molar-refractivity contribution in [2.24, 2.45) is 0 Å². The van der Waals surface area contributed by atoms with Crippen molar-refractivity contribution in [2.45, 2.75) is 70.8 Å². The third-order valence-electron chi connectivity index (χ3n) is 3.59. The summed E-state index contributed by atoms with van der Waals surface area (Å²) in [5.74, 6) is 0.315. The number of nitrogens with one attached hydrogen (secondary N) is 2. The first-order chi connectivity index (χ1) is 11.4. The second-order valence-corrected chi connectivity index (χ2v) is 7.24. The van der Waals surface area contributed by atoms with Crippen LogP contribution in [0.5, 0.6) is 0 Å². The summed E-state index contributed by atoms with van der Waals surface area (Å²) in [6.45, 7) is 6.69. The molecule has 3 N–H and O–H groups in total. The van der Waals surface area contributed by atoms with Gasteiger partial charge in [0.15, 0.2) is 5.82 Å². The lowest BCUT2D eigenvalue weighted by molar-refractivity contribution is -0.138. The molecule has 0 fully saturated rings. The van der Waals surface area contributed by atoms with Gasteiger partial charge < -0.3 is 15.7 Å². The molecule has 0 radical (unpaired) electrons. The first-order valence-electron chi connectivity index (χ1n) is 8.21. The quantitative estimate of drug-likeness (QED) is 0.765. The highest BCUT2D eigenvalue weighted by Gasteiger charge is 2.36. The van der Waals surface area contributed by atoms with Gasteiger partial charge in [-0.05, 0) is 58.6 Å². The average Bonchev–Trinajstić information content (AvgIpc) is 2.44. The number of anilines is 2. The number of alkyl halides is 3. The van der Waals surface area contributed by atoms with Crippen molar-refractivity contribution >= 4 is 17.5 Å². The van der Waals surface area contributed by atoms with E-state index in [-0.39, 0.29) is 23.3 Å². The summed E-state index contributed by atoms with van der Waals surface area (Å²) in [4.78, 5) is 12.5. The summed E-state index contributed by atoms with van der Waals surface area (Å²) >= 11 is 0. The molecule has 2 rings (SSSR count). The van der Waals surface area contributed by atoms with Crippen LogP contribution in [0.1, 0.15) is 52.8 Å². The fourth-order valence-electron chi connectivity index (χ4n) is 2.34. The number of nitrogens with zero attached hydrogens (tertiary/aromatic N) is 3. The molecule has 1 aromatic rings. The Hall–Kier alpha value is -1.90. The van der Waals surface area contributed by atoms with E-state index >= 15 is 0 Å². The van der Waals surface area contributed by atoms with Crippen molar-refractivity contribution in [2.75, 3.05) is 10.6 Å². The van der Waals surface area contributed by atoms with Crippen molar-refractivity contribution in [3.63, 3.8) is 0 Å². The van der Waals surface area contributed by atoms with Crippen LogP contribution in [0.15, 0.2) is 6.08 Å². The van der Waals surface area contributed by atoms with Crippen molar-refractivity contribution in [3.05, 3.63) is 11.9 Å². The van der Waals surface area contributed by atoms with Crippen molar-refractivity contribution in [3.8, 4) is 0 Å². The monoisotopic (exact) mass is 359 g/mol. The minimum absolute atomic E-state index is 0.150. The van der Waals surface area contributed by atoms with Crippen LogP contribution in [-0.4, -0.2) is 43.9 Å². The Balaban J connectivity index is 2.38. The van der Waals surface area contributed by atoms with Crippen LogP contribution in [-0.2, 0) is 0 Å². The van der Waals surface area contributed by atoms with Gasteiger partial charge in [-0.1, -0.05) is 0 Å². The molecular formula is C16H24F3N5O. The van der Waals surface area contributed by atoms with Gasteiger partial charge >= 0.3 is 6.18 Å². The summed E-state index contributed by atoms with van der Waals surface area (Å²) in [5.41, 5.74) is 0.340. The summed E-state index contributed by atoms with van der Waals surface area (Å²) in [7, 11) is 0. The topological polar surface area (TPSA) is 83.0 Å². The normalized spacial score (nSPS) is 20.0. The first-order valence-corrected chi connectivity index (χ1v) is 8.21. The Kier molecular flexibility index (Phi) is 5.55. The molecule has 25 heavy (non-hydrogen) atoms. The zero-order valence-electron chi connectivity index (χ0n) is 14.8. The van der Waals surface area contributed by atoms with Gasteiger partial charge in [-0.3, -0.25) is 0 Å². The highest BCUT2D eigenvalue weighted by atomic mass is 19.4. The minimum atomic E-state index is -4.41. The van der Waals surface area contributed by atoms with E-state index in [1.54, 1.807) is 6.08 Å². The summed E-state index contributed by atoms with van der Waals surface area (Å²) in [6, 6.07) is -1.80. The minimum Gasteiger partial charge on any atom is -0.389 e. The van der Waals surface area contributed by atoms with Crippen LogP contribution >= 0.6 is 0 Å². The second kappa shape index (κ2) is 7.15. The molecule has 0 amide bonds. The maximum atomic E-state index is 12.8. The molecule has 2 atom stereocenters. The first kappa shape index (κ1) is 19.4. The highest BCUT2D eigenvalue weighted by molar-refractivity contribution is 5.63. The van der Waals surface area contributed by atoms with Gasteiger partial charge in [0.2, 0.25) is 11.9 Å². The number of aliphatic hydroxyl groups is 1. The summed E-state index contributed by atoms with van der Waals surface area (Å²) < 4.78 is 38.5. The van der Waals surface area contributed by atoms with E-state index in [9.17, 15) is 18.3 Å². The number of aromatic nitrogens is 3. The predicted molar refractivity (Wildman–Crippen MR) is 90.2 cm³/mol. The lowest BCUT2D eigenvalue weighted by Gasteiger charge is -2.23. The van der Waals surface area contributed by atoms with Crippen LogP contribution in [0.2, 0.25) is 0 Å². The van der Waals surface area contributed by atoms with E-state index < -0.39 is 18.3 Å². The molecule has 140 valence electrons. The smallest absolute Gasteiger partial charge is 0.389 e. The third kappa shape index (κ3) is 5.84. The van der Waals surface area contributed by atoms with Gasteiger partial charge in [-0.15, -0.1) is 0 Å². The molecule has 0 aromatic carbocycles. The van der Waals surface area contributed by atoms with Gasteiger partial charge in [0.05, 0.1) is 6.10 Å². The third-order valence-corrected chi connectivity index (χ3v) is 3.59. The standard InChI is InChI=1S/C16H24F3N5O/c1-9(16(17,18)19)20-13-21-12(10-6-5-7-11(25)8-10)22-14(23-13)24-15(2,3)4/h8-9,11,25H,5-7H2,1-4H3,(H2,20,21,22,23,24)/t9-,11?/m1/s1. The zero-order chi connectivity index (χ0) is 18.8. The summed E-state index contributed by atoms with van der Waals surface area (Å²) in [5, 5.41) is 15.1.